The van der Waals surface area contributed by atoms with Gasteiger partial charge in [-0.15, -0.1) is 0 Å². The minimum absolute atomic E-state index is 0.574. The van der Waals surface area contributed by atoms with Gasteiger partial charge in [-0.25, -0.2) is 9.67 Å². The number of aromatic nitrogens is 3. The number of aryl methyl sites for hydroxylation is 1. The fourth-order valence-electron chi connectivity index (χ4n) is 1.91. The first-order chi connectivity index (χ1) is 10.7. The van der Waals surface area contributed by atoms with Gasteiger partial charge < -0.3 is 0 Å². The first-order valence-electron chi connectivity index (χ1n) is 7.11. The number of hydrogen-bond donors (Lipinski definition) is 0. The summed E-state index contributed by atoms with van der Waals surface area (Å²) in [4.78, 5) is 4.23. The molecule has 4 heteroatoms. The average molecular weight is 290 g/mol. The summed E-state index contributed by atoms with van der Waals surface area (Å²) < 4.78 is 1.69. The Kier molecular flexibility index (Phi) is 5.44. The van der Waals surface area contributed by atoms with Gasteiger partial charge in [0.25, 0.3) is 0 Å². The molecule has 2 heterocycles. The predicted octanol–water partition coefficient (Wildman–Crippen LogP) is 3.76. The van der Waals surface area contributed by atoms with Crippen LogP contribution < -0.4 is 0 Å². The molecule has 0 aliphatic rings. The molecule has 0 saturated carbocycles. The minimum atomic E-state index is 0.574. The van der Waals surface area contributed by atoms with E-state index in [1.165, 1.54) is 0 Å². The van der Waals surface area contributed by atoms with Crippen LogP contribution in [0.25, 0.3) is 5.82 Å². The molecule has 0 unspecified atom stereocenters. The molecule has 0 fully saturated rings. The topological polar surface area (TPSA) is 54.5 Å². The van der Waals surface area contributed by atoms with Crippen molar-refractivity contribution in [2.45, 2.75) is 19.8 Å². The fraction of sp³-hybridized carbons (Fsp3) is 0.167. The van der Waals surface area contributed by atoms with E-state index < -0.39 is 0 Å². The normalized spacial score (nSPS) is 11.1. The standard InChI is InChI=1S/C18H18N4/c1-3-4-5-6-15(2)7-8-17-10-12-22(21-17)18-13-16(14-19)9-11-20-18/h3-6,9-13H,2,7-8H2,1H3/b4-3-,6-5-. The summed E-state index contributed by atoms with van der Waals surface area (Å²) in [6.45, 7) is 6.01. The van der Waals surface area contributed by atoms with Gasteiger partial charge in [-0.05, 0) is 31.9 Å². The van der Waals surface area contributed by atoms with Gasteiger partial charge in [0.2, 0.25) is 0 Å². The third-order valence-corrected chi connectivity index (χ3v) is 3.09. The second-order valence-electron chi connectivity index (χ2n) is 4.81. The Balaban J connectivity index is 2.00. The van der Waals surface area contributed by atoms with E-state index in [-0.39, 0.29) is 0 Å². The summed E-state index contributed by atoms with van der Waals surface area (Å²) in [7, 11) is 0. The molecular weight excluding hydrogens is 272 g/mol. The Morgan fingerprint density at radius 1 is 1.41 bits per heavy atom. The highest BCUT2D eigenvalue weighted by molar-refractivity contribution is 5.35. The highest BCUT2D eigenvalue weighted by atomic mass is 15.3. The largest absolute Gasteiger partial charge is 0.237 e. The van der Waals surface area contributed by atoms with Gasteiger partial charge in [-0.1, -0.05) is 36.5 Å². The van der Waals surface area contributed by atoms with E-state index in [0.717, 1.165) is 24.1 Å². The second-order valence-corrected chi connectivity index (χ2v) is 4.81. The molecule has 0 radical (unpaired) electrons. The van der Waals surface area contributed by atoms with E-state index in [4.69, 9.17) is 5.26 Å². The van der Waals surface area contributed by atoms with Gasteiger partial charge in [0.05, 0.1) is 17.3 Å². The summed E-state index contributed by atoms with van der Waals surface area (Å²) in [5.41, 5.74) is 2.62. The molecule has 2 rings (SSSR count). The quantitative estimate of drug-likeness (QED) is 0.761. The van der Waals surface area contributed by atoms with Crippen LogP contribution in [-0.4, -0.2) is 14.8 Å². The summed E-state index contributed by atoms with van der Waals surface area (Å²) >= 11 is 0. The molecule has 2 aromatic rings. The molecular formula is C18H18N4. The third-order valence-electron chi connectivity index (χ3n) is 3.09. The SMILES string of the molecule is C=C(/C=C\C=C/C)CCc1ccn(-c2cc(C#N)ccn2)n1. The van der Waals surface area contributed by atoms with E-state index in [0.29, 0.717) is 11.4 Å². The molecule has 2 aromatic heterocycles. The molecule has 0 amide bonds. The second kappa shape index (κ2) is 7.75. The van der Waals surface area contributed by atoms with Crippen molar-refractivity contribution in [3.63, 3.8) is 0 Å². The lowest BCUT2D eigenvalue weighted by molar-refractivity contribution is 0.799. The molecule has 0 aromatic carbocycles. The maximum absolute atomic E-state index is 8.92. The number of nitriles is 1. The van der Waals surface area contributed by atoms with Gasteiger partial charge in [-0.2, -0.15) is 10.4 Å². The van der Waals surface area contributed by atoms with Crippen molar-refractivity contribution in [1.29, 1.82) is 5.26 Å². The molecule has 0 aliphatic heterocycles. The van der Waals surface area contributed by atoms with E-state index >= 15 is 0 Å². The van der Waals surface area contributed by atoms with Crippen molar-refractivity contribution < 1.29 is 0 Å². The molecule has 0 N–H and O–H groups in total. The first-order valence-corrected chi connectivity index (χ1v) is 7.11. The van der Waals surface area contributed by atoms with Crippen molar-refractivity contribution in [2.24, 2.45) is 0 Å². The molecule has 0 bridgehead atoms. The molecule has 22 heavy (non-hydrogen) atoms. The van der Waals surface area contributed by atoms with Crippen molar-refractivity contribution in [2.75, 3.05) is 0 Å². The Morgan fingerprint density at radius 3 is 3.05 bits per heavy atom. The minimum Gasteiger partial charge on any atom is -0.237 e. The lowest BCUT2D eigenvalue weighted by Crippen LogP contribution is -1.99. The Hall–Kier alpha value is -2.93. The summed E-state index contributed by atoms with van der Waals surface area (Å²) in [6.07, 6.45) is 13.1. The van der Waals surface area contributed by atoms with Crippen LogP contribution in [0.2, 0.25) is 0 Å². The molecule has 0 saturated heterocycles. The van der Waals surface area contributed by atoms with Crippen LogP contribution in [0, 0.1) is 11.3 Å². The van der Waals surface area contributed by atoms with Gasteiger partial charge in [0, 0.05) is 18.5 Å². The highest BCUT2D eigenvalue weighted by Crippen LogP contribution is 2.10. The maximum Gasteiger partial charge on any atom is 0.154 e. The molecule has 110 valence electrons. The lowest BCUT2D eigenvalue weighted by atomic mass is 10.1. The number of allylic oxidation sites excluding steroid dienone is 5. The zero-order chi connectivity index (χ0) is 15.8. The average Bonchev–Trinajstić information content (AvgIpc) is 3.02. The first kappa shape index (κ1) is 15.5. The van der Waals surface area contributed by atoms with Crippen LogP contribution in [0.3, 0.4) is 0 Å². The smallest absolute Gasteiger partial charge is 0.154 e. The van der Waals surface area contributed by atoms with Crippen LogP contribution in [0.4, 0.5) is 0 Å². The zero-order valence-corrected chi connectivity index (χ0v) is 12.6. The van der Waals surface area contributed by atoms with Crippen molar-refractivity contribution in [3.05, 3.63) is 78.3 Å². The van der Waals surface area contributed by atoms with Gasteiger partial charge in [0.15, 0.2) is 5.82 Å². The van der Waals surface area contributed by atoms with E-state index in [2.05, 4.69) is 22.7 Å². The van der Waals surface area contributed by atoms with E-state index in [1.54, 1.807) is 23.0 Å². The zero-order valence-electron chi connectivity index (χ0n) is 12.6. The van der Waals surface area contributed by atoms with Gasteiger partial charge >= 0.3 is 0 Å². The van der Waals surface area contributed by atoms with E-state index in [9.17, 15) is 0 Å². The Morgan fingerprint density at radius 2 is 2.27 bits per heavy atom. The summed E-state index contributed by atoms with van der Waals surface area (Å²) in [5, 5.41) is 13.4. The summed E-state index contributed by atoms with van der Waals surface area (Å²) in [5.74, 6) is 0.650. The molecule has 0 atom stereocenters. The lowest BCUT2D eigenvalue weighted by Gasteiger charge is -2.00. The number of pyridine rings is 1. The molecule has 0 aliphatic carbocycles. The highest BCUT2D eigenvalue weighted by Gasteiger charge is 2.03. The number of nitrogens with zero attached hydrogens (tertiary/aromatic N) is 4. The van der Waals surface area contributed by atoms with Gasteiger partial charge in [0.1, 0.15) is 0 Å². The van der Waals surface area contributed by atoms with Gasteiger partial charge in [-0.3, -0.25) is 0 Å². The monoisotopic (exact) mass is 290 g/mol. The molecule has 0 spiro atoms. The summed E-state index contributed by atoms with van der Waals surface area (Å²) in [6, 6.07) is 7.46. The van der Waals surface area contributed by atoms with Crippen LogP contribution in [0.15, 0.2) is 67.0 Å². The third kappa shape index (κ3) is 4.29. The van der Waals surface area contributed by atoms with E-state index in [1.807, 2.05) is 43.5 Å². The maximum atomic E-state index is 8.92. The number of hydrogen-bond acceptors (Lipinski definition) is 3. The predicted molar refractivity (Wildman–Crippen MR) is 87.5 cm³/mol. The van der Waals surface area contributed by atoms with Crippen LogP contribution in [-0.2, 0) is 6.42 Å². The molecule has 4 nitrogen and oxygen atoms in total. The van der Waals surface area contributed by atoms with Crippen molar-refractivity contribution in [3.8, 4) is 11.9 Å². The Bertz CT molecular complexity index is 744. The van der Waals surface area contributed by atoms with Crippen LogP contribution in [0.1, 0.15) is 24.6 Å². The van der Waals surface area contributed by atoms with Crippen molar-refractivity contribution >= 4 is 0 Å². The van der Waals surface area contributed by atoms with Crippen LogP contribution in [0.5, 0.6) is 0 Å². The Labute approximate surface area is 130 Å². The van der Waals surface area contributed by atoms with Crippen molar-refractivity contribution in [1.82, 2.24) is 14.8 Å². The fourth-order valence-corrected chi connectivity index (χ4v) is 1.91. The van der Waals surface area contributed by atoms with Crippen LogP contribution >= 0.6 is 0 Å². The number of rotatable bonds is 6.